The molecule has 2 aromatic rings. The summed E-state index contributed by atoms with van der Waals surface area (Å²) in [5, 5.41) is 7.44. The van der Waals surface area contributed by atoms with Crippen molar-refractivity contribution in [3.63, 3.8) is 0 Å². The Labute approximate surface area is 122 Å². The summed E-state index contributed by atoms with van der Waals surface area (Å²) in [6.45, 7) is 4.66. The summed E-state index contributed by atoms with van der Waals surface area (Å²) in [5.74, 6) is 1.23. The molecule has 0 unspecified atom stereocenters. The van der Waals surface area contributed by atoms with Crippen LogP contribution in [-0.2, 0) is 0 Å². The number of aryl methyl sites for hydroxylation is 1. The van der Waals surface area contributed by atoms with Gasteiger partial charge in [-0.3, -0.25) is 0 Å². The Kier molecular flexibility index (Phi) is 4.45. The summed E-state index contributed by atoms with van der Waals surface area (Å²) in [6, 6.07) is 5.37. The molecule has 0 bridgehead atoms. The third kappa shape index (κ3) is 3.49. The Hall–Kier alpha value is -1.52. The van der Waals surface area contributed by atoms with Crippen LogP contribution in [0.4, 0.5) is 17.5 Å². The maximum absolute atomic E-state index is 6.17. The lowest BCUT2D eigenvalue weighted by Gasteiger charge is -2.10. The summed E-state index contributed by atoms with van der Waals surface area (Å²) < 4.78 is 0. The zero-order valence-electron chi connectivity index (χ0n) is 10.7. The van der Waals surface area contributed by atoms with Gasteiger partial charge in [0.15, 0.2) is 0 Å². The average molecular weight is 297 g/mol. The second kappa shape index (κ2) is 6.08. The average Bonchev–Trinajstić information content (AvgIpc) is 2.37. The summed E-state index contributed by atoms with van der Waals surface area (Å²) in [4.78, 5) is 8.42. The van der Waals surface area contributed by atoms with Crippen LogP contribution in [0.3, 0.4) is 0 Å². The van der Waals surface area contributed by atoms with Crippen LogP contribution in [0.2, 0.25) is 10.0 Å². The SMILES string of the molecule is CCNc1nccc(Nc2cc(Cl)c(C)cc2Cl)n1. The zero-order valence-corrected chi connectivity index (χ0v) is 12.2. The molecule has 19 heavy (non-hydrogen) atoms. The van der Waals surface area contributed by atoms with Crippen molar-refractivity contribution in [3.05, 3.63) is 40.0 Å². The van der Waals surface area contributed by atoms with Gasteiger partial charge in [0.1, 0.15) is 5.82 Å². The highest BCUT2D eigenvalue weighted by Gasteiger charge is 2.06. The topological polar surface area (TPSA) is 49.8 Å². The van der Waals surface area contributed by atoms with Gasteiger partial charge >= 0.3 is 0 Å². The van der Waals surface area contributed by atoms with E-state index in [9.17, 15) is 0 Å². The first kappa shape index (κ1) is 13.9. The minimum atomic E-state index is 0.571. The van der Waals surface area contributed by atoms with Crippen molar-refractivity contribution in [2.75, 3.05) is 17.2 Å². The van der Waals surface area contributed by atoms with Gasteiger partial charge in [-0.2, -0.15) is 4.98 Å². The van der Waals surface area contributed by atoms with E-state index in [0.717, 1.165) is 17.8 Å². The molecule has 0 radical (unpaired) electrons. The Balaban J connectivity index is 2.25. The molecule has 0 fully saturated rings. The fourth-order valence-corrected chi connectivity index (χ4v) is 1.98. The van der Waals surface area contributed by atoms with Gasteiger partial charge in [0, 0.05) is 17.8 Å². The van der Waals surface area contributed by atoms with Crippen LogP contribution in [0.5, 0.6) is 0 Å². The Bertz CT molecular complexity index is 587. The predicted octanol–water partition coefficient (Wildman–Crippen LogP) is 4.27. The highest BCUT2D eigenvalue weighted by atomic mass is 35.5. The lowest BCUT2D eigenvalue weighted by atomic mass is 10.2. The molecule has 0 saturated heterocycles. The van der Waals surface area contributed by atoms with E-state index < -0.39 is 0 Å². The van der Waals surface area contributed by atoms with Crippen LogP contribution >= 0.6 is 23.2 Å². The zero-order chi connectivity index (χ0) is 13.8. The minimum absolute atomic E-state index is 0.571. The predicted molar refractivity (Wildman–Crippen MR) is 80.7 cm³/mol. The van der Waals surface area contributed by atoms with Gasteiger partial charge in [0.2, 0.25) is 5.95 Å². The number of nitrogens with one attached hydrogen (secondary N) is 2. The first-order valence-corrected chi connectivity index (χ1v) is 6.65. The molecule has 0 aliphatic carbocycles. The number of hydrogen-bond acceptors (Lipinski definition) is 4. The molecule has 0 amide bonds. The van der Waals surface area contributed by atoms with Crippen molar-refractivity contribution in [3.8, 4) is 0 Å². The number of aromatic nitrogens is 2. The molecule has 100 valence electrons. The summed E-state index contributed by atoms with van der Waals surface area (Å²) >= 11 is 12.3. The van der Waals surface area contributed by atoms with E-state index in [0.29, 0.717) is 21.8 Å². The van der Waals surface area contributed by atoms with Gasteiger partial charge in [-0.25, -0.2) is 4.98 Å². The Morgan fingerprint density at radius 2 is 2.00 bits per heavy atom. The highest BCUT2D eigenvalue weighted by Crippen LogP contribution is 2.30. The maximum Gasteiger partial charge on any atom is 0.224 e. The summed E-state index contributed by atoms with van der Waals surface area (Å²) in [6.07, 6.45) is 1.68. The fraction of sp³-hybridized carbons (Fsp3) is 0.231. The van der Waals surface area contributed by atoms with Gasteiger partial charge in [-0.05, 0) is 37.6 Å². The van der Waals surface area contributed by atoms with Crippen LogP contribution in [0.15, 0.2) is 24.4 Å². The van der Waals surface area contributed by atoms with Crippen molar-refractivity contribution < 1.29 is 0 Å². The van der Waals surface area contributed by atoms with E-state index >= 15 is 0 Å². The summed E-state index contributed by atoms with van der Waals surface area (Å²) in [7, 11) is 0. The van der Waals surface area contributed by atoms with Crippen LogP contribution in [0, 0.1) is 6.92 Å². The normalized spacial score (nSPS) is 10.3. The lowest BCUT2D eigenvalue weighted by molar-refractivity contribution is 1.09. The second-order valence-electron chi connectivity index (χ2n) is 4.00. The van der Waals surface area contributed by atoms with E-state index in [4.69, 9.17) is 23.2 Å². The third-order valence-corrected chi connectivity index (χ3v) is 3.22. The number of benzene rings is 1. The van der Waals surface area contributed by atoms with Crippen molar-refractivity contribution in [1.29, 1.82) is 0 Å². The molecule has 0 spiro atoms. The van der Waals surface area contributed by atoms with Crippen LogP contribution in [0.1, 0.15) is 12.5 Å². The molecular formula is C13H14Cl2N4. The van der Waals surface area contributed by atoms with E-state index in [1.54, 1.807) is 18.3 Å². The number of halogens is 2. The molecule has 1 aromatic heterocycles. The fourth-order valence-electron chi connectivity index (χ4n) is 1.55. The third-order valence-electron chi connectivity index (χ3n) is 2.50. The molecule has 6 heteroatoms. The first-order valence-electron chi connectivity index (χ1n) is 5.89. The molecule has 0 aliphatic rings. The molecule has 0 saturated carbocycles. The van der Waals surface area contributed by atoms with Gasteiger partial charge in [-0.15, -0.1) is 0 Å². The van der Waals surface area contributed by atoms with E-state index in [1.165, 1.54) is 0 Å². The Morgan fingerprint density at radius 3 is 2.74 bits per heavy atom. The summed E-state index contributed by atoms with van der Waals surface area (Å²) in [5.41, 5.74) is 1.66. The van der Waals surface area contributed by atoms with Crippen LogP contribution in [0.25, 0.3) is 0 Å². The second-order valence-corrected chi connectivity index (χ2v) is 4.82. The molecule has 2 N–H and O–H groups in total. The first-order chi connectivity index (χ1) is 9.10. The van der Waals surface area contributed by atoms with Crippen molar-refractivity contribution in [1.82, 2.24) is 9.97 Å². The van der Waals surface area contributed by atoms with Gasteiger partial charge in [-0.1, -0.05) is 23.2 Å². The van der Waals surface area contributed by atoms with Crippen LogP contribution < -0.4 is 10.6 Å². The molecule has 4 nitrogen and oxygen atoms in total. The van der Waals surface area contributed by atoms with Crippen molar-refractivity contribution >= 4 is 40.7 Å². The van der Waals surface area contributed by atoms with Crippen molar-refractivity contribution in [2.45, 2.75) is 13.8 Å². The smallest absolute Gasteiger partial charge is 0.224 e. The van der Waals surface area contributed by atoms with Gasteiger partial charge in [0.25, 0.3) is 0 Å². The number of rotatable bonds is 4. The molecule has 2 rings (SSSR count). The largest absolute Gasteiger partial charge is 0.354 e. The molecule has 1 heterocycles. The molecule has 0 aliphatic heterocycles. The maximum atomic E-state index is 6.17. The standard InChI is InChI=1S/C13H14Cl2N4/c1-3-16-13-17-5-4-12(19-13)18-11-7-9(14)8(2)6-10(11)15/h4-7H,3H2,1-2H3,(H2,16,17,18,19). The quantitative estimate of drug-likeness (QED) is 0.885. The lowest BCUT2D eigenvalue weighted by Crippen LogP contribution is -2.03. The highest BCUT2D eigenvalue weighted by molar-refractivity contribution is 6.35. The van der Waals surface area contributed by atoms with E-state index in [2.05, 4.69) is 20.6 Å². The van der Waals surface area contributed by atoms with E-state index in [1.807, 2.05) is 19.9 Å². The Morgan fingerprint density at radius 1 is 1.21 bits per heavy atom. The minimum Gasteiger partial charge on any atom is -0.354 e. The molecular weight excluding hydrogens is 283 g/mol. The number of anilines is 3. The van der Waals surface area contributed by atoms with Crippen LogP contribution in [-0.4, -0.2) is 16.5 Å². The molecule has 1 aromatic carbocycles. The molecule has 0 atom stereocenters. The number of hydrogen-bond donors (Lipinski definition) is 2. The van der Waals surface area contributed by atoms with E-state index in [-0.39, 0.29) is 0 Å². The van der Waals surface area contributed by atoms with Gasteiger partial charge in [0.05, 0.1) is 10.7 Å². The van der Waals surface area contributed by atoms with Gasteiger partial charge < -0.3 is 10.6 Å². The monoisotopic (exact) mass is 296 g/mol. The number of nitrogens with zero attached hydrogens (tertiary/aromatic N) is 2. The van der Waals surface area contributed by atoms with Crippen molar-refractivity contribution in [2.24, 2.45) is 0 Å².